The summed E-state index contributed by atoms with van der Waals surface area (Å²) in [6, 6.07) is 11.8. The predicted octanol–water partition coefficient (Wildman–Crippen LogP) is 4.84. The molecule has 0 radical (unpaired) electrons. The van der Waals surface area contributed by atoms with Crippen LogP contribution in [0.2, 0.25) is 10.0 Å². The molecule has 3 rings (SSSR count). The lowest BCUT2D eigenvalue weighted by atomic mass is 10.1. The molecular formula is C24H31Cl2N3O3S. The molecular weight excluding hydrogens is 481 g/mol. The van der Waals surface area contributed by atoms with E-state index in [1.807, 2.05) is 12.1 Å². The van der Waals surface area contributed by atoms with Crippen LogP contribution >= 0.6 is 23.2 Å². The number of likely N-dealkylation sites (tertiary alicyclic amines) is 1. The van der Waals surface area contributed by atoms with Crippen LogP contribution in [0.3, 0.4) is 0 Å². The van der Waals surface area contributed by atoms with Crippen LogP contribution in [0.25, 0.3) is 0 Å². The molecule has 1 aliphatic heterocycles. The number of halogens is 2. The molecule has 1 saturated heterocycles. The van der Waals surface area contributed by atoms with Crippen LogP contribution < -0.4 is 9.62 Å². The molecule has 2 aromatic carbocycles. The monoisotopic (exact) mass is 511 g/mol. The van der Waals surface area contributed by atoms with Gasteiger partial charge in [-0.2, -0.15) is 0 Å². The molecule has 0 aliphatic carbocycles. The number of hydrogen-bond donors (Lipinski definition) is 1. The summed E-state index contributed by atoms with van der Waals surface area (Å²) in [5, 5.41) is 3.48. The van der Waals surface area contributed by atoms with Crippen LogP contribution in [0.4, 0.5) is 5.69 Å². The zero-order chi connectivity index (χ0) is 24.0. The second-order valence-corrected chi connectivity index (χ2v) is 11.2. The summed E-state index contributed by atoms with van der Waals surface area (Å²) in [7, 11) is -3.76. The maximum Gasteiger partial charge on any atom is 0.244 e. The molecule has 1 amide bonds. The third-order valence-corrected chi connectivity index (χ3v) is 7.39. The van der Waals surface area contributed by atoms with Crippen molar-refractivity contribution in [2.45, 2.75) is 51.7 Å². The number of piperidine rings is 1. The summed E-state index contributed by atoms with van der Waals surface area (Å²) in [4.78, 5) is 15.5. The number of sulfonamides is 1. The highest BCUT2D eigenvalue weighted by Gasteiger charge is 2.31. The van der Waals surface area contributed by atoms with E-state index in [2.05, 4.69) is 22.3 Å². The normalized spacial score (nSPS) is 15.8. The summed E-state index contributed by atoms with van der Waals surface area (Å²) < 4.78 is 26.3. The first-order valence-corrected chi connectivity index (χ1v) is 13.8. The Labute approximate surface area is 206 Å². The molecule has 2 aromatic rings. The van der Waals surface area contributed by atoms with Crippen molar-refractivity contribution >= 4 is 44.8 Å². The van der Waals surface area contributed by atoms with Crippen LogP contribution in [-0.4, -0.2) is 44.6 Å². The Morgan fingerprint density at radius 3 is 2.15 bits per heavy atom. The van der Waals surface area contributed by atoms with Crippen molar-refractivity contribution in [3.05, 3.63) is 63.6 Å². The lowest BCUT2D eigenvalue weighted by Crippen LogP contribution is -2.49. The van der Waals surface area contributed by atoms with Crippen molar-refractivity contribution in [1.29, 1.82) is 0 Å². The van der Waals surface area contributed by atoms with Crippen molar-refractivity contribution in [2.75, 3.05) is 23.7 Å². The van der Waals surface area contributed by atoms with Gasteiger partial charge in [0.25, 0.3) is 0 Å². The maximum atomic E-state index is 13.0. The summed E-state index contributed by atoms with van der Waals surface area (Å²) in [5.41, 5.74) is 2.47. The molecule has 9 heteroatoms. The SMILES string of the molecule is CCC(C(=O)NCc1ccc(CN2CCCCC2)cc1)N(c1cc(Cl)cc(Cl)c1)S(C)(=O)=O. The average molecular weight is 513 g/mol. The van der Waals surface area contributed by atoms with E-state index in [-0.39, 0.29) is 18.0 Å². The quantitative estimate of drug-likeness (QED) is 0.522. The van der Waals surface area contributed by atoms with Gasteiger partial charge in [0.2, 0.25) is 15.9 Å². The molecule has 1 fully saturated rings. The van der Waals surface area contributed by atoms with Crippen molar-refractivity contribution in [3.8, 4) is 0 Å². The van der Waals surface area contributed by atoms with E-state index >= 15 is 0 Å². The number of rotatable bonds is 9. The molecule has 1 atom stereocenters. The van der Waals surface area contributed by atoms with E-state index in [0.717, 1.165) is 35.8 Å². The van der Waals surface area contributed by atoms with Gasteiger partial charge in [0.05, 0.1) is 11.9 Å². The fourth-order valence-electron chi connectivity index (χ4n) is 4.17. The van der Waals surface area contributed by atoms with Gasteiger partial charge < -0.3 is 5.32 Å². The zero-order valence-corrected chi connectivity index (χ0v) is 21.4. The first-order chi connectivity index (χ1) is 15.7. The molecule has 33 heavy (non-hydrogen) atoms. The summed E-state index contributed by atoms with van der Waals surface area (Å²) in [5.74, 6) is -0.378. The fraction of sp³-hybridized carbons (Fsp3) is 0.458. The van der Waals surface area contributed by atoms with Gasteiger partial charge in [-0.25, -0.2) is 8.42 Å². The smallest absolute Gasteiger partial charge is 0.244 e. The topological polar surface area (TPSA) is 69.7 Å². The molecule has 0 aromatic heterocycles. The van der Waals surface area contributed by atoms with E-state index in [1.54, 1.807) is 6.92 Å². The fourth-order valence-corrected chi connectivity index (χ4v) is 5.88. The largest absolute Gasteiger partial charge is 0.350 e. The number of amides is 1. The van der Waals surface area contributed by atoms with Gasteiger partial charge in [-0.05, 0) is 61.7 Å². The first kappa shape index (κ1) is 25.8. The minimum Gasteiger partial charge on any atom is -0.350 e. The van der Waals surface area contributed by atoms with E-state index in [9.17, 15) is 13.2 Å². The van der Waals surface area contributed by atoms with Gasteiger partial charge in [0, 0.05) is 23.1 Å². The van der Waals surface area contributed by atoms with Crippen LogP contribution in [0.15, 0.2) is 42.5 Å². The average Bonchev–Trinajstić information content (AvgIpc) is 2.75. The molecule has 180 valence electrons. The number of hydrogen-bond acceptors (Lipinski definition) is 4. The van der Waals surface area contributed by atoms with Crippen molar-refractivity contribution in [2.24, 2.45) is 0 Å². The molecule has 0 bridgehead atoms. The van der Waals surface area contributed by atoms with E-state index < -0.39 is 16.1 Å². The summed E-state index contributed by atoms with van der Waals surface area (Å²) in [6.07, 6.45) is 5.19. The Morgan fingerprint density at radius 1 is 1.03 bits per heavy atom. The Balaban J connectivity index is 1.67. The number of carbonyl (C=O) groups excluding carboxylic acids is 1. The highest BCUT2D eigenvalue weighted by Crippen LogP contribution is 2.29. The molecule has 1 unspecified atom stereocenters. The molecule has 0 spiro atoms. The number of benzene rings is 2. The highest BCUT2D eigenvalue weighted by molar-refractivity contribution is 7.92. The second-order valence-electron chi connectivity index (χ2n) is 8.48. The highest BCUT2D eigenvalue weighted by atomic mass is 35.5. The Morgan fingerprint density at radius 2 is 1.61 bits per heavy atom. The lowest BCUT2D eigenvalue weighted by molar-refractivity contribution is -0.122. The minimum atomic E-state index is -3.76. The van der Waals surface area contributed by atoms with Crippen LogP contribution in [0.5, 0.6) is 0 Å². The maximum absolute atomic E-state index is 13.0. The standard InChI is InChI=1S/C24H31Cl2N3O3S/c1-3-23(29(33(2,31)32)22-14-20(25)13-21(26)15-22)24(30)27-16-18-7-9-19(10-8-18)17-28-11-5-4-6-12-28/h7-10,13-15,23H,3-6,11-12,16-17H2,1-2H3,(H,27,30). The number of carbonyl (C=O) groups is 1. The van der Waals surface area contributed by atoms with Gasteiger partial charge in [-0.1, -0.05) is 60.8 Å². The van der Waals surface area contributed by atoms with Crippen LogP contribution in [-0.2, 0) is 27.9 Å². The first-order valence-electron chi connectivity index (χ1n) is 11.2. The summed E-state index contributed by atoms with van der Waals surface area (Å²) >= 11 is 12.2. The third-order valence-electron chi connectivity index (χ3n) is 5.78. The summed E-state index contributed by atoms with van der Waals surface area (Å²) in [6.45, 7) is 5.31. The van der Waals surface area contributed by atoms with Crippen molar-refractivity contribution in [1.82, 2.24) is 10.2 Å². The molecule has 6 nitrogen and oxygen atoms in total. The predicted molar refractivity (Wildman–Crippen MR) is 135 cm³/mol. The van der Waals surface area contributed by atoms with Gasteiger partial charge in [-0.15, -0.1) is 0 Å². The Bertz CT molecular complexity index is 1030. The number of anilines is 1. The lowest BCUT2D eigenvalue weighted by Gasteiger charge is -2.30. The van der Waals surface area contributed by atoms with Crippen LogP contribution in [0.1, 0.15) is 43.7 Å². The van der Waals surface area contributed by atoms with Crippen molar-refractivity contribution in [3.63, 3.8) is 0 Å². The Hall–Kier alpha value is -1.80. The minimum absolute atomic E-state index is 0.263. The molecule has 0 saturated carbocycles. The Kier molecular flexibility index (Phi) is 9.04. The molecule has 1 heterocycles. The second kappa shape index (κ2) is 11.6. The number of nitrogens with one attached hydrogen (secondary N) is 1. The third kappa shape index (κ3) is 7.34. The van der Waals surface area contributed by atoms with Gasteiger partial charge in [0.15, 0.2) is 0 Å². The van der Waals surface area contributed by atoms with E-state index in [1.165, 1.54) is 43.0 Å². The van der Waals surface area contributed by atoms with Crippen molar-refractivity contribution < 1.29 is 13.2 Å². The van der Waals surface area contributed by atoms with Crippen LogP contribution in [0, 0.1) is 0 Å². The van der Waals surface area contributed by atoms with E-state index in [4.69, 9.17) is 23.2 Å². The van der Waals surface area contributed by atoms with Gasteiger partial charge in [0.1, 0.15) is 6.04 Å². The van der Waals surface area contributed by atoms with E-state index in [0.29, 0.717) is 16.6 Å². The zero-order valence-electron chi connectivity index (χ0n) is 19.1. The van der Waals surface area contributed by atoms with Gasteiger partial charge >= 0.3 is 0 Å². The molecule has 1 N–H and O–H groups in total. The molecule has 1 aliphatic rings. The van der Waals surface area contributed by atoms with Gasteiger partial charge in [-0.3, -0.25) is 14.0 Å². The number of nitrogens with zero attached hydrogens (tertiary/aromatic N) is 2.